The molecule has 0 aromatic rings. The minimum absolute atomic E-state index is 8.51. The van der Waals surface area contributed by atoms with E-state index < -0.39 is 57.1 Å². The molecule has 0 fully saturated rings. The SMILES string of the molecule is O=S(=O)([O-])C(F)(F)C(F)(C(F)(F)F)C(F)(F)C(C(F)(F)F)(C(F)(F)F)C(F)(F)F. The average Bonchev–Trinajstić information content (AvgIpc) is 2.28. The first kappa shape index (κ1) is 27.7. The molecule has 0 aromatic carbocycles. The van der Waals surface area contributed by atoms with Gasteiger partial charge in [-0.25, -0.2) is 21.6 Å². The van der Waals surface area contributed by atoms with Crippen LogP contribution in [0.4, 0.5) is 74.6 Å². The van der Waals surface area contributed by atoms with E-state index in [0.717, 1.165) is 0 Å². The maximum atomic E-state index is 13.7. The van der Waals surface area contributed by atoms with Crippen LogP contribution >= 0.6 is 0 Å². The van der Waals surface area contributed by atoms with E-state index in [4.69, 9.17) is 0 Å². The number of halogens is 17. The molecule has 21 heteroatoms. The van der Waals surface area contributed by atoms with Gasteiger partial charge in [0.25, 0.3) is 0 Å². The van der Waals surface area contributed by atoms with Crippen LogP contribution in [0.2, 0.25) is 0 Å². The molecule has 0 spiro atoms. The Hall–Kier alpha value is -1.28. The molecule has 0 radical (unpaired) electrons. The fraction of sp³-hybridized carbons (Fsp3) is 1.00. The zero-order chi connectivity index (χ0) is 24.5. The molecule has 3 nitrogen and oxygen atoms in total. The molecule has 0 aliphatic heterocycles. The Balaban J connectivity index is 8.03. The Morgan fingerprint density at radius 2 is 0.724 bits per heavy atom. The summed E-state index contributed by atoms with van der Waals surface area (Å²) in [5.74, 6) is -9.45. The lowest BCUT2D eigenvalue weighted by molar-refractivity contribution is -0.508. The first-order chi connectivity index (χ1) is 12.0. The van der Waals surface area contributed by atoms with Gasteiger partial charge < -0.3 is 4.55 Å². The van der Waals surface area contributed by atoms with Crippen LogP contribution in [-0.2, 0) is 10.1 Å². The molecule has 176 valence electrons. The summed E-state index contributed by atoms with van der Waals surface area (Å²) < 4.78 is 248. The zero-order valence-electron chi connectivity index (χ0n) is 12.1. The Morgan fingerprint density at radius 1 is 0.483 bits per heavy atom. The van der Waals surface area contributed by atoms with E-state index in [1.807, 2.05) is 0 Å². The van der Waals surface area contributed by atoms with Crippen molar-refractivity contribution in [3.63, 3.8) is 0 Å². The van der Waals surface area contributed by atoms with Crippen molar-refractivity contribution in [2.75, 3.05) is 0 Å². The highest BCUT2D eigenvalue weighted by Gasteiger charge is 3.02. The predicted molar refractivity (Wildman–Crippen MR) is 50.1 cm³/mol. The molecule has 0 aliphatic rings. The molecule has 1 atom stereocenters. The molecule has 0 rings (SSSR count). The molecule has 0 bridgehead atoms. The molecular weight excluding hydrogens is 499 g/mol. The first-order valence-corrected chi connectivity index (χ1v) is 7.08. The standard InChI is InChI=1S/C8HF17O3S/c9-2(7(21,22)23,8(24,25)29(26,27)28)3(10,11)1(4(12,13)14,5(15,16)17)6(18,19)20/h(H,26,27,28)/p-1. The second-order valence-corrected chi connectivity index (χ2v) is 6.37. The topological polar surface area (TPSA) is 57.2 Å². The largest absolute Gasteiger partial charge is 0.743 e. The molecule has 0 N–H and O–H groups in total. The molecule has 1 unspecified atom stereocenters. The van der Waals surface area contributed by atoms with Crippen LogP contribution in [0.15, 0.2) is 0 Å². The zero-order valence-corrected chi connectivity index (χ0v) is 12.9. The maximum Gasteiger partial charge on any atom is 0.435 e. The van der Waals surface area contributed by atoms with Crippen LogP contribution < -0.4 is 0 Å². The first-order valence-electron chi connectivity index (χ1n) is 5.67. The fourth-order valence-electron chi connectivity index (χ4n) is 1.97. The van der Waals surface area contributed by atoms with E-state index in [0.29, 0.717) is 0 Å². The smallest absolute Gasteiger partial charge is 0.435 e. The highest BCUT2D eigenvalue weighted by atomic mass is 32.2. The molecular formula is C8F17O3S-. The van der Waals surface area contributed by atoms with Gasteiger partial charge in [-0.2, -0.15) is 61.5 Å². The van der Waals surface area contributed by atoms with Crippen LogP contribution in [0.5, 0.6) is 0 Å². The molecule has 0 aromatic heterocycles. The quantitative estimate of drug-likeness (QED) is 0.417. The van der Waals surface area contributed by atoms with Crippen molar-refractivity contribution in [1.82, 2.24) is 0 Å². The highest BCUT2D eigenvalue weighted by molar-refractivity contribution is 7.86. The van der Waals surface area contributed by atoms with Gasteiger partial charge >= 0.3 is 47.0 Å². The third kappa shape index (κ3) is 3.26. The molecule has 0 aliphatic carbocycles. The van der Waals surface area contributed by atoms with Crippen molar-refractivity contribution in [3.05, 3.63) is 0 Å². The lowest BCUT2D eigenvalue weighted by Crippen LogP contribution is -2.80. The normalized spacial score (nSPS) is 18.6. The van der Waals surface area contributed by atoms with Crippen molar-refractivity contribution in [1.29, 1.82) is 0 Å². The van der Waals surface area contributed by atoms with E-state index in [2.05, 4.69) is 0 Å². The number of hydrogen-bond acceptors (Lipinski definition) is 3. The van der Waals surface area contributed by atoms with Crippen LogP contribution in [0.3, 0.4) is 0 Å². The van der Waals surface area contributed by atoms with Crippen molar-refractivity contribution in [3.8, 4) is 0 Å². The van der Waals surface area contributed by atoms with Crippen LogP contribution in [0.1, 0.15) is 0 Å². The maximum absolute atomic E-state index is 13.7. The third-order valence-electron chi connectivity index (χ3n) is 3.28. The Morgan fingerprint density at radius 3 is 0.862 bits per heavy atom. The molecule has 0 saturated heterocycles. The summed E-state index contributed by atoms with van der Waals surface area (Å²) in [6.45, 7) is 0. The van der Waals surface area contributed by atoms with Gasteiger partial charge in [-0.05, 0) is 0 Å². The summed E-state index contributed by atoms with van der Waals surface area (Å²) in [4.78, 5) is 0. The average molecular weight is 499 g/mol. The monoisotopic (exact) mass is 499 g/mol. The van der Waals surface area contributed by atoms with Crippen LogP contribution in [0.25, 0.3) is 0 Å². The fourth-order valence-corrected chi connectivity index (χ4v) is 2.56. The van der Waals surface area contributed by atoms with Gasteiger partial charge in [0, 0.05) is 0 Å². The second-order valence-electron chi connectivity index (χ2n) is 4.94. The van der Waals surface area contributed by atoms with Gasteiger partial charge in [-0.15, -0.1) is 0 Å². The molecule has 0 heterocycles. The van der Waals surface area contributed by atoms with E-state index in [1.165, 1.54) is 0 Å². The van der Waals surface area contributed by atoms with E-state index >= 15 is 0 Å². The van der Waals surface area contributed by atoms with Gasteiger partial charge in [0.15, 0.2) is 10.1 Å². The second kappa shape index (κ2) is 6.36. The molecule has 0 amide bonds. The highest BCUT2D eigenvalue weighted by Crippen LogP contribution is 2.72. The van der Waals surface area contributed by atoms with Crippen LogP contribution in [0, 0.1) is 5.41 Å². The predicted octanol–water partition coefficient (Wildman–Crippen LogP) is 4.70. The van der Waals surface area contributed by atoms with Gasteiger partial charge in [0.05, 0.1) is 0 Å². The van der Waals surface area contributed by atoms with E-state index in [9.17, 15) is 87.6 Å². The number of alkyl halides is 17. The van der Waals surface area contributed by atoms with Gasteiger partial charge in [0.1, 0.15) is 0 Å². The Labute approximate surface area is 146 Å². The van der Waals surface area contributed by atoms with Crippen molar-refractivity contribution in [2.24, 2.45) is 5.41 Å². The van der Waals surface area contributed by atoms with Crippen molar-refractivity contribution >= 4 is 10.1 Å². The Kier molecular flexibility index (Phi) is 6.08. The Bertz CT molecular complexity index is 686. The van der Waals surface area contributed by atoms with Crippen LogP contribution in [-0.4, -0.2) is 54.5 Å². The third-order valence-corrected chi connectivity index (χ3v) is 4.19. The summed E-state index contributed by atoms with van der Waals surface area (Å²) in [6.07, 6.45) is -34.8. The van der Waals surface area contributed by atoms with E-state index in [-0.39, 0.29) is 0 Å². The summed E-state index contributed by atoms with van der Waals surface area (Å²) in [5.41, 5.74) is -18.4. The summed E-state index contributed by atoms with van der Waals surface area (Å²) in [6, 6.07) is 0. The van der Waals surface area contributed by atoms with Gasteiger partial charge in [0.2, 0.25) is 0 Å². The number of rotatable bonds is 4. The van der Waals surface area contributed by atoms with Crippen molar-refractivity contribution in [2.45, 2.75) is 41.6 Å². The molecule has 29 heavy (non-hydrogen) atoms. The van der Waals surface area contributed by atoms with Gasteiger partial charge in [-0.3, -0.25) is 0 Å². The summed E-state index contributed by atoms with van der Waals surface area (Å²) in [7, 11) is -8.58. The van der Waals surface area contributed by atoms with Gasteiger partial charge in [-0.1, -0.05) is 0 Å². The lowest BCUT2D eigenvalue weighted by Gasteiger charge is -2.49. The summed E-state index contributed by atoms with van der Waals surface area (Å²) in [5, 5.41) is -8.51. The minimum atomic E-state index is -9.45. The lowest BCUT2D eigenvalue weighted by atomic mass is 9.71. The summed E-state index contributed by atoms with van der Waals surface area (Å²) >= 11 is 0. The van der Waals surface area contributed by atoms with Crippen molar-refractivity contribution < 1.29 is 87.6 Å². The molecule has 0 saturated carbocycles. The van der Waals surface area contributed by atoms with E-state index in [1.54, 1.807) is 0 Å². The minimum Gasteiger partial charge on any atom is -0.743 e. The number of hydrogen-bond donors (Lipinski definition) is 0.